The van der Waals surface area contributed by atoms with Gasteiger partial charge in [-0.15, -0.1) is 10.2 Å². The van der Waals surface area contributed by atoms with Gasteiger partial charge >= 0.3 is 0 Å². The largest absolute Gasteiger partial charge is 0.382 e. The van der Waals surface area contributed by atoms with Gasteiger partial charge in [-0.3, -0.25) is 0 Å². The molecule has 1 aromatic carbocycles. The van der Waals surface area contributed by atoms with Crippen molar-refractivity contribution >= 4 is 5.82 Å². The van der Waals surface area contributed by atoms with E-state index in [9.17, 15) is 4.39 Å². The Morgan fingerprint density at radius 3 is 2.41 bits per heavy atom. The molecule has 0 amide bonds. The molecule has 0 fully saturated rings. The lowest BCUT2D eigenvalue weighted by atomic mass is 10.0. The lowest BCUT2D eigenvalue weighted by Crippen LogP contribution is -2.02. The van der Waals surface area contributed by atoms with Crippen LogP contribution in [0.15, 0.2) is 18.2 Å². The van der Waals surface area contributed by atoms with Crippen LogP contribution in [0.5, 0.6) is 0 Å². The minimum absolute atomic E-state index is 0.216. The fraction of sp³-hybridized carbons (Fsp3) is 0.231. The quantitative estimate of drug-likeness (QED) is 0.821. The van der Waals surface area contributed by atoms with Gasteiger partial charge in [0.15, 0.2) is 0 Å². The maximum absolute atomic E-state index is 13.2. The number of nitrogens with zero attached hydrogens (tertiary/aromatic N) is 2. The molecule has 2 aromatic rings. The first-order chi connectivity index (χ1) is 8.00. The third-order valence-electron chi connectivity index (χ3n) is 2.99. The fourth-order valence-corrected chi connectivity index (χ4v) is 1.69. The number of hydrogen-bond acceptors (Lipinski definition) is 3. The van der Waals surface area contributed by atoms with E-state index >= 15 is 0 Å². The molecule has 0 aliphatic heterocycles. The number of aromatic nitrogens is 2. The van der Waals surface area contributed by atoms with Gasteiger partial charge in [-0.25, -0.2) is 4.39 Å². The van der Waals surface area contributed by atoms with Gasteiger partial charge in [0, 0.05) is 5.56 Å². The number of anilines is 1. The van der Waals surface area contributed by atoms with Crippen LogP contribution in [0.25, 0.3) is 11.3 Å². The first kappa shape index (κ1) is 11.5. The van der Waals surface area contributed by atoms with Gasteiger partial charge in [0.1, 0.15) is 11.6 Å². The summed E-state index contributed by atoms with van der Waals surface area (Å²) in [5.74, 6) is 0.219. The molecule has 0 spiro atoms. The highest BCUT2D eigenvalue weighted by molar-refractivity contribution is 5.66. The monoisotopic (exact) mass is 231 g/mol. The summed E-state index contributed by atoms with van der Waals surface area (Å²) < 4.78 is 13.2. The molecule has 17 heavy (non-hydrogen) atoms. The molecule has 0 radical (unpaired) electrons. The van der Waals surface area contributed by atoms with E-state index in [4.69, 9.17) is 5.73 Å². The highest BCUT2D eigenvalue weighted by atomic mass is 19.1. The molecule has 4 heteroatoms. The maximum Gasteiger partial charge on any atom is 0.149 e. The zero-order valence-corrected chi connectivity index (χ0v) is 10.1. The molecule has 88 valence electrons. The molecule has 0 bridgehead atoms. The van der Waals surface area contributed by atoms with Crippen LogP contribution in [-0.4, -0.2) is 10.2 Å². The van der Waals surface area contributed by atoms with Gasteiger partial charge in [0.25, 0.3) is 0 Å². The Kier molecular flexibility index (Phi) is 2.79. The minimum Gasteiger partial charge on any atom is -0.382 e. The molecule has 1 heterocycles. The van der Waals surface area contributed by atoms with Crippen LogP contribution >= 0.6 is 0 Å². The maximum atomic E-state index is 13.2. The van der Waals surface area contributed by atoms with E-state index in [1.54, 1.807) is 19.1 Å². The van der Waals surface area contributed by atoms with Crippen molar-refractivity contribution in [1.82, 2.24) is 10.2 Å². The van der Waals surface area contributed by atoms with Crippen LogP contribution in [-0.2, 0) is 0 Å². The number of nitrogens with two attached hydrogens (primary N) is 1. The van der Waals surface area contributed by atoms with Gasteiger partial charge in [0.2, 0.25) is 0 Å². The Balaban J connectivity index is 2.61. The van der Waals surface area contributed by atoms with Crippen molar-refractivity contribution in [3.05, 3.63) is 40.7 Å². The Hall–Kier alpha value is -1.97. The van der Waals surface area contributed by atoms with Gasteiger partial charge in [-0.2, -0.15) is 0 Å². The molecule has 0 aliphatic rings. The molecule has 2 rings (SSSR count). The van der Waals surface area contributed by atoms with Crippen LogP contribution in [0.1, 0.15) is 16.7 Å². The summed E-state index contributed by atoms with van der Waals surface area (Å²) in [6, 6.07) is 4.91. The average Bonchev–Trinajstić information content (AvgIpc) is 2.30. The van der Waals surface area contributed by atoms with Crippen LogP contribution in [0.2, 0.25) is 0 Å². The van der Waals surface area contributed by atoms with E-state index in [-0.39, 0.29) is 5.82 Å². The molecule has 0 atom stereocenters. The Morgan fingerprint density at radius 2 is 1.76 bits per heavy atom. The lowest BCUT2D eigenvalue weighted by Gasteiger charge is -2.09. The summed E-state index contributed by atoms with van der Waals surface area (Å²) in [5, 5.41) is 7.98. The fourth-order valence-electron chi connectivity index (χ4n) is 1.69. The van der Waals surface area contributed by atoms with Gasteiger partial charge < -0.3 is 5.73 Å². The van der Waals surface area contributed by atoms with Crippen molar-refractivity contribution in [1.29, 1.82) is 0 Å². The van der Waals surface area contributed by atoms with Crippen LogP contribution < -0.4 is 5.73 Å². The Morgan fingerprint density at radius 1 is 1.06 bits per heavy atom. The van der Waals surface area contributed by atoms with Gasteiger partial charge in [-0.05, 0) is 55.7 Å². The SMILES string of the molecule is Cc1cc(-c2nnc(N)c(C)c2C)ccc1F. The topological polar surface area (TPSA) is 51.8 Å². The molecule has 1 aromatic heterocycles. The Bertz CT molecular complexity index is 579. The summed E-state index contributed by atoms with van der Waals surface area (Å²) in [6.45, 7) is 5.57. The first-order valence-corrected chi connectivity index (χ1v) is 5.36. The van der Waals surface area contributed by atoms with Crippen molar-refractivity contribution in [2.45, 2.75) is 20.8 Å². The number of hydrogen-bond donors (Lipinski definition) is 1. The van der Waals surface area contributed by atoms with E-state index in [1.165, 1.54) is 6.07 Å². The van der Waals surface area contributed by atoms with E-state index in [2.05, 4.69) is 10.2 Å². The van der Waals surface area contributed by atoms with E-state index < -0.39 is 0 Å². The van der Waals surface area contributed by atoms with Crippen molar-refractivity contribution in [2.24, 2.45) is 0 Å². The second-order valence-electron chi connectivity index (χ2n) is 4.15. The third kappa shape index (κ3) is 1.98. The highest BCUT2D eigenvalue weighted by Crippen LogP contribution is 2.25. The molecule has 0 aliphatic carbocycles. The van der Waals surface area contributed by atoms with Crippen molar-refractivity contribution < 1.29 is 4.39 Å². The van der Waals surface area contributed by atoms with E-state index in [0.717, 1.165) is 22.4 Å². The molecule has 2 N–H and O–H groups in total. The number of halogens is 1. The normalized spacial score (nSPS) is 10.6. The standard InChI is InChI=1S/C13H14FN3/c1-7-6-10(4-5-11(7)14)12-8(2)9(3)13(15)17-16-12/h4-6H,1-3H3,(H2,15,17). The predicted molar refractivity (Wildman–Crippen MR) is 66.0 cm³/mol. The summed E-state index contributed by atoms with van der Waals surface area (Å²) in [6.07, 6.45) is 0. The van der Waals surface area contributed by atoms with E-state index in [1.807, 2.05) is 13.8 Å². The number of nitrogen functional groups attached to an aromatic ring is 1. The third-order valence-corrected chi connectivity index (χ3v) is 2.99. The lowest BCUT2D eigenvalue weighted by molar-refractivity contribution is 0.618. The predicted octanol–water partition coefficient (Wildman–Crippen LogP) is 2.79. The second-order valence-corrected chi connectivity index (χ2v) is 4.15. The summed E-state index contributed by atoms with van der Waals surface area (Å²) >= 11 is 0. The van der Waals surface area contributed by atoms with Crippen LogP contribution in [0.4, 0.5) is 10.2 Å². The Labute approximate surface area is 99.5 Å². The average molecular weight is 231 g/mol. The van der Waals surface area contributed by atoms with Gasteiger partial charge in [0.05, 0.1) is 5.69 Å². The second kappa shape index (κ2) is 4.13. The van der Waals surface area contributed by atoms with E-state index in [0.29, 0.717) is 11.4 Å². The number of benzene rings is 1. The molecule has 0 unspecified atom stereocenters. The molecule has 0 saturated carbocycles. The van der Waals surface area contributed by atoms with Gasteiger partial charge in [-0.1, -0.05) is 0 Å². The summed E-state index contributed by atoms with van der Waals surface area (Å²) in [7, 11) is 0. The van der Waals surface area contributed by atoms with Crippen LogP contribution in [0, 0.1) is 26.6 Å². The highest BCUT2D eigenvalue weighted by Gasteiger charge is 2.10. The smallest absolute Gasteiger partial charge is 0.149 e. The zero-order valence-electron chi connectivity index (χ0n) is 10.1. The van der Waals surface area contributed by atoms with Crippen molar-refractivity contribution in [3.8, 4) is 11.3 Å². The summed E-state index contributed by atoms with van der Waals surface area (Å²) in [4.78, 5) is 0. The van der Waals surface area contributed by atoms with Crippen molar-refractivity contribution in [2.75, 3.05) is 5.73 Å². The molecular weight excluding hydrogens is 217 g/mol. The first-order valence-electron chi connectivity index (χ1n) is 5.36. The number of aryl methyl sites for hydroxylation is 1. The minimum atomic E-state index is -0.216. The molecular formula is C13H14FN3. The molecule has 0 saturated heterocycles. The summed E-state index contributed by atoms with van der Waals surface area (Å²) in [5.41, 5.74) is 9.78. The van der Waals surface area contributed by atoms with Crippen molar-refractivity contribution in [3.63, 3.8) is 0 Å². The molecule has 3 nitrogen and oxygen atoms in total. The van der Waals surface area contributed by atoms with Crippen LogP contribution in [0.3, 0.4) is 0 Å². The number of rotatable bonds is 1. The zero-order chi connectivity index (χ0) is 12.6.